The van der Waals surface area contributed by atoms with Crippen LogP contribution in [0.2, 0.25) is 0 Å². The van der Waals surface area contributed by atoms with Crippen LogP contribution in [0.15, 0.2) is 65.8 Å². The predicted octanol–water partition coefficient (Wildman–Crippen LogP) is 2.36. The molecule has 0 aliphatic rings. The minimum atomic E-state index is -3.67. The number of pyridine rings is 1. The number of nitrogens with one attached hydrogen (secondary N) is 2. The Hall–Kier alpha value is -2.39. The summed E-state index contributed by atoms with van der Waals surface area (Å²) >= 11 is 0. The number of fused-ring (bicyclic) bond motifs is 1. The van der Waals surface area contributed by atoms with Gasteiger partial charge in [0, 0.05) is 36.9 Å². The van der Waals surface area contributed by atoms with E-state index in [1.807, 2.05) is 0 Å². The standard InChI is InChI=1S/C20H22FN3O3S/c1-14(11-23-13-20(25)15-2-5-18(21)6-3-15)24-28(26,27)19-7-4-17-12-22-9-8-16(17)10-19/h2-10,12,14,20,23-25H,11,13H2,1H3. The number of aromatic nitrogens is 1. The van der Waals surface area contributed by atoms with Crippen molar-refractivity contribution in [3.05, 3.63) is 72.3 Å². The van der Waals surface area contributed by atoms with Crippen molar-refractivity contribution in [3.8, 4) is 0 Å². The Balaban J connectivity index is 1.55. The number of hydrogen-bond donors (Lipinski definition) is 3. The minimum absolute atomic E-state index is 0.185. The zero-order valence-corrected chi connectivity index (χ0v) is 16.2. The summed E-state index contributed by atoms with van der Waals surface area (Å²) < 4.78 is 40.7. The molecule has 1 aromatic heterocycles. The lowest BCUT2D eigenvalue weighted by atomic mass is 10.1. The fourth-order valence-electron chi connectivity index (χ4n) is 2.84. The van der Waals surface area contributed by atoms with Crippen molar-refractivity contribution in [2.75, 3.05) is 13.1 Å². The summed E-state index contributed by atoms with van der Waals surface area (Å²) in [6.07, 6.45) is 2.49. The van der Waals surface area contributed by atoms with Gasteiger partial charge in [0.15, 0.2) is 0 Å². The highest BCUT2D eigenvalue weighted by Gasteiger charge is 2.18. The largest absolute Gasteiger partial charge is 0.387 e. The molecule has 2 atom stereocenters. The molecule has 0 radical (unpaired) electrons. The van der Waals surface area contributed by atoms with E-state index in [2.05, 4.69) is 15.0 Å². The van der Waals surface area contributed by atoms with Crippen LogP contribution < -0.4 is 10.0 Å². The Bertz CT molecular complexity index is 1040. The van der Waals surface area contributed by atoms with Crippen LogP contribution in [0.3, 0.4) is 0 Å². The predicted molar refractivity (Wildman–Crippen MR) is 106 cm³/mol. The molecule has 28 heavy (non-hydrogen) atoms. The molecule has 6 nitrogen and oxygen atoms in total. The van der Waals surface area contributed by atoms with Gasteiger partial charge in [0.2, 0.25) is 10.0 Å². The highest BCUT2D eigenvalue weighted by atomic mass is 32.2. The van der Waals surface area contributed by atoms with E-state index < -0.39 is 22.2 Å². The van der Waals surface area contributed by atoms with Crippen molar-refractivity contribution in [2.24, 2.45) is 0 Å². The van der Waals surface area contributed by atoms with Gasteiger partial charge in [0.05, 0.1) is 11.0 Å². The zero-order chi connectivity index (χ0) is 20.1. The van der Waals surface area contributed by atoms with E-state index in [0.717, 1.165) is 10.8 Å². The SMILES string of the molecule is CC(CNCC(O)c1ccc(F)cc1)NS(=O)(=O)c1ccc2cnccc2c1. The molecule has 1 heterocycles. The molecule has 3 rings (SSSR count). The second kappa shape index (κ2) is 8.74. The lowest BCUT2D eigenvalue weighted by molar-refractivity contribution is 0.174. The third-order valence-corrected chi connectivity index (χ3v) is 5.91. The number of aliphatic hydroxyl groups is 1. The van der Waals surface area contributed by atoms with E-state index in [1.165, 1.54) is 24.3 Å². The fourth-order valence-corrected chi connectivity index (χ4v) is 4.12. The summed E-state index contributed by atoms with van der Waals surface area (Å²) in [4.78, 5) is 4.20. The van der Waals surface area contributed by atoms with Gasteiger partial charge >= 0.3 is 0 Å². The van der Waals surface area contributed by atoms with Crippen LogP contribution in [0.4, 0.5) is 4.39 Å². The number of halogens is 1. The topological polar surface area (TPSA) is 91.3 Å². The van der Waals surface area contributed by atoms with Crippen LogP contribution in [0.5, 0.6) is 0 Å². The molecule has 0 saturated carbocycles. The van der Waals surface area contributed by atoms with Crippen LogP contribution in [0, 0.1) is 5.82 Å². The molecule has 0 spiro atoms. The first-order chi connectivity index (χ1) is 13.3. The number of sulfonamides is 1. The van der Waals surface area contributed by atoms with Crippen LogP contribution in [0.1, 0.15) is 18.6 Å². The normalized spacial score (nSPS) is 14.1. The molecule has 0 bridgehead atoms. The average Bonchev–Trinajstić information content (AvgIpc) is 2.67. The van der Waals surface area contributed by atoms with E-state index >= 15 is 0 Å². The highest BCUT2D eigenvalue weighted by Crippen LogP contribution is 2.18. The smallest absolute Gasteiger partial charge is 0.240 e. The monoisotopic (exact) mass is 403 g/mol. The van der Waals surface area contributed by atoms with Gasteiger partial charge in [0.25, 0.3) is 0 Å². The summed E-state index contributed by atoms with van der Waals surface area (Å²) in [5.41, 5.74) is 0.591. The number of aliphatic hydroxyl groups excluding tert-OH is 1. The van der Waals surface area contributed by atoms with E-state index in [0.29, 0.717) is 12.1 Å². The Kier molecular flexibility index (Phi) is 6.35. The highest BCUT2D eigenvalue weighted by molar-refractivity contribution is 7.89. The molecular formula is C20H22FN3O3S. The summed E-state index contributed by atoms with van der Waals surface area (Å²) in [5.74, 6) is -0.364. The van der Waals surface area contributed by atoms with Crippen LogP contribution in [-0.2, 0) is 10.0 Å². The van der Waals surface area contributed by atoms with Crippen molar-refractivity contribution in [1.82, 2.24) is 15.0 Å². The molecule has 2 aromatic carbocycles. The summed E-state index contributed by atoms with van der Waals surface area (Å²) in [6.45, 7) is 2.29. The van der Waals surface area contributed by atoms with Crippen molar-refractivity contribution in [3.63, 3.8) is 0 Å². The van der Waals surface area contributed by atoms with E-state index in [1.54, 1.807) is 43.6 Å². The summed E-state index contributed by atoms with van der Waals surface area (Å²) in [7, 11) is -3.67. The maximum Gasteiger partial charge on any atom is 0.240 e. The van der Waals surface area contributed by atoms with E-state index in [4.69, 9.17) is 0 Å². The molecule has 2 unspecified atom stereocenters. The minimum Gasteiger partial charge on any atom is -0.387 e. The molecule has 3 N–H and O–H groups in total. The Morgan fingerprint density at radius 1 is 1.07 bits per heavy atom. The number of rotatable bonds is 8. The number of benzene rings is 2. The lowest BCUT2D eigenvalue weighted by Crippen LogP contribution is -2.40. The van der Waals surface area contributed by atoms with Gasteiger partial charge in [-0.25, -0.2) is 17.5 Å². The molecule has 0 saturated heterocycles. The third kappa shape index (κ3) is 5.11. The zero-order valence-electron chi connectivity index (χ0n) is 15.3. The average molecular weight is 403 g/mol. The van der Waals surface area contributed by atoms with Crippen molar-refractivity contribution in [2.45, 2.75) is 24.0 Å². The third-order valence-electron chi connectivity index (χ3n) is 4.32. The van der Waals surface area contributed by atoms with Crippen molar-refractivity contribution < 1.29 is 17.9 Å². The van der Waals surface area contributed by atoms with Gasteiger partial charge in [-0.15, -0.1) is 0 Å². The molecule has 0 aliphatic heterocycles. The molecule has 0 aliphatic carbocycles. The maximum absolute atomic E-state index is 12.9. The quantitative estimate of drug-likeness (QED) is 0.537. The molecule has 8 heteroatoms. The van der Waals surface area contributed by atoms with E-state index in [9.17, 15) is 17.9 Å². The first-order valence-electron chi connectivity index (χ1n) is 8.85. The number of hydrogen-bond acceptors (Lipinski definition) is 5. The van der Waals surface area contributed by atoms with Gasteiger partial charge in [-0.05, 0) is 48.2 Å². The molecule has 148 valence electrons. The van der Waals surface area contributed by atoms with Gasteiger partial charge in [0.1, 0.15) is 5.82 Å². The van der Waals surface area contributed by atoms with Crippen LogP contribution in [0.25, 0.3) is 10.8 Å². The summed E-state index contributed by atoms with van der Waals surface area (Å²) in [6, 6.07) is 11.9. The first kappa shape index (κ1) is 20.3. The lowest BCUT2D eigenvalue weighted by Gasteiger charge is -2.17. The van der Waals surface area contributed by atoms with Crippen LogP contribution in [-0.4, -0.2) is 37.6 Å². The van der Waals surface area contributed by atoms with Gasteiger partial charge < -0.3 is 10.4 Å². The number of nitrogens with zero attached hydrogens (tertiary/aromatic N) is 1. The van der Waals surface area contributed by atoms with Gasteiger partial charge in [-0.3, -0.25) is 4.98 Å². The molecule has 3 aromatic rings. The fraction of sp³-hybridized carbons (Fsp3) is 0.250. The maximum atomic E-state index is 12.9. The van der Waals surface area contributed by atoms with E-state index in [-0.39, 0.29) is 17.3 Å². The second-order valence-electron chi connectivity index (χ2n) is 6.63. The summed E-state index contributed by atoms with van der Waals surface area (Å²) in [5, 5.41) is 14.8. The molecular weight excluding hydrogens is 381 g/mol. The van der Waals surface area contributed by atoms with Gasteiger partial charge in [-0.2, -0.15) is 0 Å². The van der Waals surface area contributed by atoms with Gasteiger partial charge in [-0.1, -0.05) is 18.2 Å². The van der Waals surface area contributed by atoms with Crippen molar-refractivity contribution >= 4 is 20.8 Å². The second-order valence-corrected chi connectivity index (χ2v) is 8.35. The Morgan fingerprint density at radius 2 is 1.82 bits per heavy atom. The van der Waals surface area contributed by atoms with Crippen LogP contribution >= 0.6 is 0 Å². The molecule has 0 amide bonds. The van der Waals surface area contributed by atoms with Crippen molar-refractivity contribution in [1.29, 1.82) is 0 Å². The first-order valence-corrected chi connectivity index (χ1v) is 10.3. The molecule has 0 fully saturated rings. The Labute approximate surface area is 163 Å². The Morgan fingerprint density at radius 3 is 2.57 bits per heavy atom.